The zero-order chi connectivity index (χ0) is 15.8. The van der Waals surface area contributed by atoms with E-state index in [9.17, 15) is 0 Å². The van der Waals surface area contributed by atoms with Crippen LogP contribution in [0.1, 0.15) is 53.4 Å². The van der Waals surface area contributed by atoms with Crippen molar-refractivity contribution in [2.45, 2.75) is 53.4 Å². The van der Waals surface area contributed by atoms with E-state index in [1.807, 2.05) is 0 Å². The lowest BCUT2D eigenvalue weighted by Crippen LogP contribution is -2.27. The first-order chi connectivity index (χ1) is 10.1. The van der Waals surface area contributed by atoms with E-state index in [2.05, 4.69) is 27.7 Å². The number of ether oxygens (including phenoxy) is 4. The quantitative estimate of drug-likeness (QED) is 0.408. The highest BCUT2D eigenvalue weighted by molar-refractivity contribution is 4.66. The Balaban J connectivity index is 3.35. The van der Waals surface area contributed by atoms with Crippen molar-refractivity contribution in [1.29, 1.82) is 0 Å². The number of hydrogen-bond donors (Lipinski definition) is 0. The minimum Gasteiger partial charge on any atom is -0.379 e. The van der Waals surface area contributed by atoms with Gasteiger partial charge in [0.15, 0.2) is 0 Å². The second-order valence-corrected chi connectivity index (χ2v) is 6.20. The molecular weight excluding hydrogens is 268 g/mol. The minimum absolute atomic E-state index is 0.0346. The van der Waals surface area contributed by atoms with Crippen LogP contribution in [0.4, 0.5) is 0 Å². The van der Waals surface area contributed by atoms with E-state index in [1.54, 1.807) is 0 Å². The molecule has 0 spiro atoms. The topological polar surface area (TPSA) is 36.9 Å². The predicted octanol–water partition coefficient (Wildman–Crippen LogP) is 3.68. The summed E-state index contributed by atoms with van der Waals surface area (Å²) >= 11 is 0. The van der Waals surface area contributed by atoms with Gasteiger partial charge in [-0.1, -0.05) is 40.5 Å². The summed E-state index contributed by atoms with van der Waals surface area (Å²) in [5.74, 6) is 0. The van der Waals surface area contributed by atoms with E-state index in [4.69, 9.17) is 18.9 Å². The Labute approximate surface area is 131 Å². The number of rotatable bonds is 16. The lowest BCUT2D eigenvalue weighted by Gasteiger charge is -2.24. The molecule has 4 nitrogen and oxygen atoms in total. The Hall–Kier alpha value is -0.160. The molecular formula is C17H36O4. The standard InChI is InChI=1S/C17H36O4/c1-5-7-9-18-11-13-20-15-17(3,4)16-21-14-12-19-10-8-6-2/h5-16H2,1-4H3. The van der Waals surface area contributed by atoms with Gasteiger partial charge in [0.25, 0.3) is 0 Å². The summed E-state index contributed by atoms with van der Waals surface area (Å²) < 4.78 is 22.2. The van der Waals surface area contributed by atoms with E-state index in [0.717, 1.165) is 26.1 Å². The SMILES string of the molecule is CCCCOCCOCC(C)(C)COCCOCCCC. The molecule has 0 heterocycles. The van der Waals surface area contributed by atoms with Gasteiger partial charge in [0, 0.05) is 18.6 Å². The molecule has 0 radical (unpaired) electrons. The fraction of sp³-hybridized carbons (Fsp3) is 1.00. The highest BCUT2D eigenvalue weighted by Crippen LogP contribution is 2.15. The lowest BCUT2D eigenvalue weighted by atomic mass is 9.96. The Morgan fingerprint density at radius 3 is 1.33 bits per heavy atom. The second-order valence-electron chi connectivity index (χ2n) is 6.20. The number of unbranched alkanes of at least 4 members (excludes halogenated alkanes) is 2. The van der Waals surface area contributed by atoms with Gasteiger partial charge in [-0.25, -0.2) is 0 Å². The van der Waals surface area contributed by atoms with Gasteiger partial charge in [-0.2, -0.15) is 0 Å². The summed E-state index contributed by atoms with van der Waals surface area (Å²) in [6, 6.07) is 0. The fourth-order valence-corrected chi connectivity index (χ4v) is 1.67. The first kappa shape index (κ1) is 20.8. The monoisotopic (exact) mass is 304 g/mol. The summed E-state index contributed by atoms with van der Waals surface area (Å²) in [6.07, 6.45) is 4.60. The molecule has 0 rings (SSSR count). The molecule has 0 saturated heterocycles. The summed E-state index contributed by atoms with van der Waals surface area (Å²) in [5, 5.41) is 0. The second kappa shape index (κ2) is 14.8. The van der Waals surface area contributed by atoms with Crippen molar-refractivity contribution in [3.8, 4) is 0 Å². The minimum atomic E-state index is 0.0346. The molecule has 0 unspecified atom stereocenters. The van der Waals surface area contributed by atoms with Gasteiger partial charge in [0.05, 0.1) is 39.6 Å². The molecule has 0 aromatic carbocycles. The van der Waals surface area contributed by atoms with Gasteiger partial charge in [0.2, 0.25) is 0 Å². The van der Waals surface area contributed by atoms with Crippen LogP contribution in [0.2, 0.25) is 0 Å². The highest BCUT2D eigenvalue weighted by Gasteiger charge is 2.18. The molecule has 21 heavy (non-hydrogen) atoms. The first-order valence-corrected chi connectivity index (χ1v) is 8.43. The zero-order valence-electron chi connectivity index (χ0n) is 14.6. The van der Waals surface area contributed by atoms with Crippen molar-refractivity contribution < 1.29 is 18.9 Å². The maximum absolute atomic E-state index is 5.65. The van der Waals surface area contributed by atoms with Gasteiger partial charge in [-0.15, -0.1) is 0 Å². The summed E-state index contributed by atoms with van der Waals surface area (Å²) in [7, 11) is 0. The van der Waals surface area contributed by atoms with Gasteiger partial charge >= 0.3 is 0 Å². The highest BCUT2D eigenvalue weighted by atomic mass is 16.5. The zero-order valence-corrected chi connectivity index (χ0v) is 14.6. The van der Waals surface area contributed by atoms with Crippen molar-refractivity contribution in [3.63, 3.8) is 0 Å². The van der Waals surface area contributed by atoms with Gasteiger partial charge in [0.1, 0.15) is 0 Å². The molecule has 0 aliphatic rings. The third-order valence-electron chi connectivity index (χ3n) is 3.01. The molecule has 0 aromatic heterocycles. The Bertz CT molecular complexity index is 187. The van der Waals surface area contributed by atoms with Crippen LogP contribution in [0.5, 0.6) is 0 Å². The van der Waals surface area contributed by atoms with Crippen LogP contribution in [0.25, 0.3) is 0 Å². The third-order valence-corrected chi connectivity index (χ3v) is 3.01. The predicted molar refractivity (Wildman–Crippen MR) is 86.9 cm³/mol. The maximum Gasteiger partial charge on any atom is 0.0700 e. The van der Waals surface area contributed by atoms with E-state index in [1.165, 1.54) is 12.8 Å². The van der Waals surface area contributed by atoms with E-state index in [-0.39, 0.29) is 5.41 Å². The Kier molecular flexibility index (Phi) is 14.7. The molecule has 0 atom stereocenters. The van der Waals surface area contributed by atoms with Crippen LogP contribution in [0.3, 0.4) is 0 Å². The Morgan fingerprint density at radius 1 is 0.571 bits per heavy atom. The molecule has 4 heteroatoms. The van der Waals surface area contributed by atoms with E-state index >= 15 is 0 Å². The summed E-state index contributed by atoms with van der Waals surface area (Å²) in [5.41, 5.74) is 0.0346. The first-order valence-electron chi connectivity index (χ1n) is 8.43. The van der Waals surface area contributed by atoms with Gasteiger partial charge < -0.3 is 18.9 Å². The van der Waals surface area contributed by atoms with Crippen molar-refractivity contribution >= 4 is 0 Å². The molecule has 0 amide bonds. The third kappa shape index (κ3) is 16.0. The molecule has 0 saturated carbocycles. The van der Waals surface area contributed by atoms with Crippen molar-refractivity contribution in [2.75, 3.05) is 52.9 Å². The molecule has 0 fully saturated rings. The van der Waals surface area contributed by atoms with Crippen molar-refractivity contribution in [1.82, 2.24) is 0 Å². The van der Waals surface area contributed by atoms with Crippen molar-refractivity contribution in [2.24, 2.45) is 5.41 Å². The van der Waals surface area contributed by atoms with Crippen LogP contribution in [0, 0.1) is 5.41 Å². The maximum atomic E-state index is 5.65. The van der Waals surface area contributed by atoms with E-state index in [0.29, 0.717) is 39.6 Å². The normalized spacial score (nSPS) is 12.0. The smallest absolute Gasteiger partial charge is 0.0700 e. The average Bonchev–Trinajstić information content (AvgIpc) is 2.45. The summed E-state index contributed by atoms with van der Waals surface area (Å²) in [6.45, 7) is 14.4. The largest absolute Gasteiger partial charge is 0.379 e. The molecule has 0 aliphatic heterocycles. The molecule has 0 bridgehead atoms. The van der Waals surface area contributed by atoms with Crippen LogP contribution in [-0.4, -0.2) is 52.9 Å². The van der Waals surface area contributed by atoms with Gasteiger partial charge in [-0.05, 0) is 12.8 Å². The molecule has 0 aliphatic carbocycles. The molecule has 0 N–H and O–H groups in total. The van der Waals surface area contributed by atoms with Crippen LogP contribution < -0.4 is 0 Å². The molecule has 0 aromatic rings. The average molecular weight is 304 g/mol. The number of hydrogen-bond acceptors (Lipinski definition) is 4. The Morgan fingerprint density at radius 2 is 0.952 bits per heavy atom. The van der Waals surface area contributed by atoms with Crippen LogP contribution in [0.15, 0.2) is 0 Å². The lowest BCUT2D eigenvalue weighted by molar-refractivity contribution is -0.0329. The van der Waals surface area contributed by atoms with E-state index < -0.39 is 0 Å². The summed E-state index contributed by atoms with van der Waals surface area (Å²) in [4.78, 5) is 0. The van der Waals surface area contributed by atoms with Crippen molar-refractivity contribution in [3.05, 3.63) is 0 Å². The van der Waals surface area contributed by atoms with Gasteiger partial charge in [-0.3, -0.25) is 0 Å². The fourth-order valence-electron chi connectivity index (χ4n) is 1.67. The molecule has 128 valence electrons. The van der Waals surface area contributed by atoms with Crippen LogP contribution in [-0.2, 0) is 18.9 Å². The van der Waals surface area contributed by atoms with Crippen LogP contribution >= 0.6 is 0 Å².